The molecule has 2 aromatic heterocycles. The van der Waals surface area contributed by atoms with E-state index in [9.17, 15) is 4.79 Å². The number of amides is 1. The van der Waals surface area contributed by atoms with Gasteiger partial charge in [-0.05, 0) is 35.6 Å². The van der Waals surface area contributed by atoms with E-state index in [0.29, 0.717) is 28.1 Å². The second-order valence-electron chi connectivity index (χ2n) is 6.20. The Bertz CT molecular complexity index is 906. The zero-order valence-electron chi connectivity index (χ0n) is 15.6. The number of nitrogens with one attached hydrogen (secondary N) is 1. The number of thiophene rings is 1. The van der Waals surface area contributed by atoms with E-state index < -0.39 is 0 Å². The van der Waals surface area contributed by atoms with Crippen LogP contribution in [-0.4, -0.2) is 30.3 Å². The van der Waals surface area contributed by atoms with Gasteiger partial charge in [-0.2, -0.15) is 4.98 Å². The first-order chi connectivity index (χ1) is 13.0. The van der Waals surface area contributed by atoms with Crippen molar-refractivity contribution < 1.29 is 18.8 Å². The summed E-state index contributed by atoms with van der Waals surface area (Å²) in [5, 5.41) is 8.89. The normalized spacial score (nSPS) is 12.0. The summed E-state index contributed by atoms with van der Waals surface area (Å²) in [7, 11) is 3.14. The van der Waals surface area contributed by atoms with Crippen molar-refractivity contribution in [3.8, 4) is 22.9 Å². The molecule has 0 aliphatic heterocycles. The first-order valence-electron chi connectivity index (χ1n) is 8.43. The summed E-state index contributed by atoms with van der Waals surface area (Å²) in [5.74, 6) is 1.89. The second-order valence-corrected chi connectivity index (χ2v) is 7.15. The van der Waals surface area contributed by atoms with Gasteiger partial charge >= 0.3 is 0 Å². The Morgan fingerprint density at radius 2 is 1.96 bits per heavy atom. The van der Waals surface area contributed by atoms with Crippen molar-refractivity contribution in [2.45, 2.75) is 19.9 Å². The van der Waals surface area contributed by atoms with Crippen molar-refractivity contribution in [3.63, 3.8) is 0 Å². The van der Waals surface area contributed by atoms with Crippen LogP contribution in [0.25, 0.3) is 11.4 Å². The number of carbonyl (C=O) groups is 1. The van der Waals surface area contributed by atoms with Crippen LogP contribution >= 0.6 is 11.3 Å². The predicted molar refractivity (Wildman–Crippen MR) is 102 cm³/mol. The summed E-state index contributed by atoms with van der Waals surface area (Å²) in [4.78, 5) is 17.5. The minimum Gasteiger partial charge on any atom is -0.493 e. The highest BCUT2D eigenvalue weighted by molar-refractivity contribution is 7.12. The quantitative estimate of drug-likeness (QED) is 0.661. The van der Waals surface area contributed by atoms with E-state index in [1.807, 2.05) is 31.4 Å². The molecule has 1 aromatic carbocycles. The maximum atomic E-state index is 12.4. The molecule has 0 saturated heterocycles. The standard InChI is InChI=1S/C19H21N3O4S/c1-11(2)16(20-18(23)15-6-5-9-27-15)19-21-17(22-26-19)12-7-8-13(24-3)14(10-12)25-4/h5-11,16H,1-4H3,(H,20,23). The molecule has 0 fully saturated rings. The average molecular weight is 387 g/mol. The molecule has 1 unspecified atom stereocenters. The molecule has 1 atom stereocenters. The molecule has 142 valence electrons. The lowest BCUT2D eigenvalue weighted by atomic mass is 10.0. The maximum Gasteiger partial charge on any atom is 0.262 e. The van der Waals surface area contributed by atoms with Crippen molar-refractivity contribution in [1.82, 2.24) is 15.5 Å². The van der Waals surface area contributed by atoms with Crippen LogP contribution in [0.1, 0.15) is 35.5 Å². The molecule has 0 aliphatic rings. The zero-order chi connectivity index (χ0) is 19.4. The first-order valence-corrected chi connectivity index (χ1v) is 9.31. The van der Waals surface area contributed by atoms with E-state index in [-0.39, 0.29) is 17.9 Å². The number of hydrogen-bond acceptors (Lipinski definition) is 7. The van der Waals surface area contributed by atoms with Gasteiger partial charge in [-0.25, -0.2) is 0 Å². The number of hydrogen-bond donors (Lipinski definition) is 1. The fraction of sp³-hybridized carbons (Fsp3) is 0.316. The van der Waals surface area contributed by atoms with Gasteiger partial charge in [0.1, 0.15) is 6.04 Å². The minimum absolute atomic E-state index is 0.0765. The summed E-state index contributed by atoms with van der Waals surface area (Å²) < 4.78 is 16.0. The Morgan fingerprint density at radius 3 is 2.59 bits per heavy atom. The molecule has 27 heavy (non-hydrogen) atoms. The number of nitrogens with zero attached hydrogens (tertiary/aromatic N) is 2. The number of aromatic nitrogens is 2. The SMILES string of the molecule is COc1ccc(-c2noc(C(NC(=O)c3cccs3)C(C)C)n2)cc1OC. The number of methoxy groups -OCH3 is 2. The van der Waals surface area contributed by atoms with Crippen LogP contribution in [0.5, 0.6) is 11.5 Å². The molecule has 1 amide bonds. The van der Waals surface area contributed by atoms with Crippen molar-refractivity contribution in [3.05, 3.63) is 46.5 Å². The van der Waals surface area contributed by atoms with Gasteiger partial charge in [-0.1, -0.05) is 25.1 Å². The van der Waals surface area contributed by atoms with Crippen molar-refractivity contribution >= 4 is 17.2 Å². The number of rotatable bonds is 7. The van der Waals surface area contributed by atoms with Gasteiger partial charge in [0.2, 0.25) is 11.7 Å². The fourth-order valence-corrected chi connectivity index (χ4v) is 3.21. The molecule has 7 nitrogen and oxygen atoms in total. The summed E-state index contributed by atoms with van der Waals surface area (Å²) in [6, 6.07) is 8.61. The molecule has 0 aliphatic carbocycles. The Morgan fingerprint density at radius 1 is 1.19 bits per heavy atom. The topological polar surface area (TPSA) is 86.5 Å². The van der Waals surface area contributed by atoms with E-state index in [0.717, 1.165) is 5.56 Å². The van der Waals surface area contributed by atoms with Crippen LogP contribution in [-0.2, 0) is 0 Å². The summed E-state index contributed by atoms with van der Waals surface area (Å²) in [5.41, 5.74) is 0.731. The van der Waals surface area contributed by atoms with Gasteiger partial charge in [-0.3, -0.25) is 4.79 Å². The van der Waals surface area contributed by atoms with E-state index in [1.54, 1.807) is 32.4 Å². The van der Waals surface area contributed by atoms with Gasteiger partial charge < -0.3 is 19.3 Å². The van der Waals surface area contributed by atoms with Gasteiger partial charge in [0, 0.05) is 5.56 Å². The molecule has 1 N–H and O–H groups in total. The summed E-state index contributed by atoms with van der Waals surface area (Å²) in [6.45, 7) is 3.97. The fourth-order valence-electron chi connectivity index (χ4n) is 2.59. The van der Waals surface area contributed by atoms with Crippen LogP contribution in [0.2, 0.25) is 0 Å². The van der Waals surface area contributed by atoms with E-state index >= 15 is 0 Å². The lowest BCUT2D eigenvalue weighted by molar-refractivity contribution is 0.0918. The minimum atomic E-state index is -0.388. The Labute approximate surface area is 161 Å². The number of benzene rings is 1. The van der Waals surface area contributed by atoms with Crippen molar-refractivity contribution in [1.29, 1.82) is 0 Å². The molecule has 3 aromatic rings. The Balaban J connectivity index is 1.85. The third kappa shape index (κ3) is 4.11. The lowest BCUT2D eigenvalue weighted by Crippen LogP contribution is -2.31. The van der Waals surface area contributed by atoms with Gasteiger partial charge in [0.25, 0.3) is 5.91 Å². The largest absolute Gasteiger partial charge is 0.493 e. The highest BCUT2D eigenvalue weighted by atomic mass is 32.1. The number of ether oxygens (including phenoxy) is 2. The highest BCUT2D eigenvalue weighted by Crippen LogP contribution is 2.32. The van der Waals surface area contributed by atoms with Gasteiger partial charge in [-0.15, -0.1) is 11.3 Å². The Kier molecular flexibility index (Phi) is 5.75. The lowest BCUT2D eigenvalue weighted by Gasteiger charge is -2.17. The Hall–Kier alpha value is -2.87. The van der Waals surface area contributed by atoms with Gasteiger partial charge in [0.05, 0.1) is 19.1 Å². The van der Waals surface area contributed by atoms with Crippen LogP contribution < -0.4 is 14.8 Å². The highest BCUT2D eigenvalue weighted by Gasteiger charge is 2.26. The molecule has 0 spiro atoms. The molecule has 0 saturated carbocycles. The third-order valence-electron chi connectivity index (χ3n) is 4.05. The van der Waals surface area contributed by atoms with Crippen LogP contribution in [0.3, 0.4) is 0 Å². The van der Waals surface area contributed by atoms with Crippen LogP contribution in [0.4, 0.5) is 0 Å². The van der Waals surface area contributed by atoms with Crippen molar-refractivity contribution in [2.75, 3.05) is 14.2 Å². The number of carbonyl (C=O) groups excluding carboxylic acids is 1. The molecule has 3 rings (SSSR count). The summed E-state index contributed by atoms with van der Waals surface area (Å²) >= 11 is 1.39. The smallest absolute Gasteiger partial charge is 0.262 e. The molecule has 0 bridgehead atoms. The average Bonchev–Trinajstić information content (AvgIpc) is 3.37. The predicted octanol–water partition coefficient (Wildman–Crippen LogP) is 3.94. The second kappa shape index (κ2) is 8.22. The van der Waals surface area contributed by atoms with E-state index in [2.05, 4.69) is 15.5 Å². The molecular formula is C19H21N3O4S. The van der Waals surface area contributed by atoms with E-state index in [1.165, 1.54) is 11.3 Å². The van der Waals surface area contributed by atoms with Crippen LogP contribution in [0, 0.1) is 5.92 Å². The van der Waals surface area contributed by atoms with Crippen molar-refractivity contribution in [2.24, 2.45) is 5.92 Å². The zero-order valence-corrected chi connectivity index (χ0v) is 16.4. The maximum absolute atomic E-state index is 12.4. The van der Waals surface area contributed by atoms with E-state index in [4.69, 9.17) is 14.0 Å². The molecule has 8 heteroatoms. The molecule has 0 radical (unpaired) electrons. The van der Waals surface area contributed by atoms with Crippen LogP contribution in [0.15, 0.2) is 40.2 Å². The summed E-state index contributed by atoms with van der Waals surface area (Å²) in [6.07, 6.45) is 0. The van der Waals surface area contributed by atoms with Gasteiger partial charge in [0.15, 0.2) is 11.5 Å². The molecular weight excluding hydrogens is 366 g/mol. The third-order valence-corrected chi connectivity index (χ3v) is 4.92. The first kappa shape index (κ1) is 18.9. The molecule has 2 heterocycles. The monoisotopic (exact) mass is 387 g/mol.